The van der Waals surface area contributed by atoms with E-state index < -0.39 is 0 Å². The first-order valence-corrected chi connectivity index (χ1v) is 9.96. The Hall–Kier alpha value is -2.56. The molecule has 0 spiro atoms. The predicted molar refractivity (Wildman–Crippen MR) is 130 cm³/mol. The first-order chi connectivity index (χ1) is 14.2. The second-order valence-corrected chi connectivity index (χ2v) is 6.61. The molecule has 5 rings (SSSR count). The Labute approximate surface area is 205 Å². The van der Waals surface area contributed by atoms with Crippen LogP contribution in [0.3, 0.4) is 0 Å². The number of rotatable bonds is 1. The molecule has 0 saturated carbocycles. The zero-order valence-corrected chi connectivity index (χ0v) is 19.7. The monoisotopic (exact) mass is 488 g/mol. The topological polar surface area (TPSA) is 53.6 Å². The average molecular weight is 489 g/mol. The van der Waals surface area contributed by atoms with Gasteiger partial charge in [-0.15, -0.1) is 24.8 Å². The van der Waals surface area contributed by atoms with Gasteiger partial charge in [-0.1, -0.05) is 72.8 Å². The summed E-state index contributed by atoms with van der Waals surface area (Å²) < 4.78 is 6.84. The second-order valence-electron chi connectivity index (χ2n) is 6.16. The van der Waals surface area contributed by atoms with Gasteiger partial charge >= 0.3 is 52.9 Å². The molecule has 0 aliphatic heterocycles. The minimum atomic E-state index is 0. The van der Waals surface area contributed by atoms with Crippen molar-refractivity contribution in [2.75, 3.05) is 0 Å². The van der Waals surface area contributed by atoms with Gasteiger partial charge in [-0.2, -0.15) is 0 Å². The maximum atomic E-state index is 9.37. The Kier molecular flexibility index (Phi) is 11.7. The van der Waals surface area contributed by atoms with Crippen molar-refractivity contribution in [2.45, 2.75) is 0 Å². The summed E-state index contributed by atoms with van der Waals surface area (Å²) in [6, 6.07) is 30.4. The molecule has 158 valence electrons. The molecule has 0 fully saturated rings. The standard InChI is InChI=1S/2C10H8O.C5H4O.2ClH.Ti/c2*11-10-7-3-5-8-4-1-2-6-9(8)10;1-5-3-2-4-6-5;;;/h2*1-7,11H;1-4H;2*1H;. The quantitative estimate of drug-likeness (QED) is 0.252. The average Bonchev–Trinajstić information content (AvgIpc) is 3.30. The first kappa shape index (κ1) is 26.5. The third kappa shape index (κ3) is 7.57. The van der Waals surface area contributed by atoms with E-state index in [-0.39, 0.29) is 24.8 Å². The Morgan fingerprint density at radius 1 is 0.581 bits per heavy atom. The van der Waals surface area contributed by atoms with Gasteiger partial charge in [0.2, 0.25) is 0 Å². The Bertz CT molecular complexity index is 1120. The zero-order chi connectivity index (χ0) is 20.5. The van der Waals surface area contributed by atoms with Crippen LogP contribution in [0.2, 0.25) is 0 Å². The summed E-state index contributed by atoms with van der Waals surface area (Å²) in [5, 5.41) is 22.7. The molecule has 0 amide bonds. The van der Waals surface area contributed by atoms with Crippen LogP contribution in [-0.2, 0) is 20.0 Å². The molecule has 1 aromatic heterocycles. The normalized spacial score (nSPS) is 9.13. The van der Waals surface area contributed by atoms with E-state index in [9.17, 15) is 10.2 Å². The number of hydrogen-bond acceptors (Lipinski definition) is 3. The second kappa shape index (κ2) is 13.7. The van der Waals surface area contributed by atoms with Gasteiger partial charge in [-0.25, -0.2) is 0 Å². The molecule has 0 unspecified atom stereocenters. The van der Waals surface area contributed by atoms with Gasteiger partial charge in [0, 0.05) is 10.8 Å². The molecule has 0 atom stereocenters. The van der Waals surface area contributed by atoms with Crippen molar-refractivity contribution >= 4 is 50.7 Å². The van der Waals surface area contributed by atoms with E-state index in [4.69, 9.17) is 4.42 Å². The van der Waals surface area contributed by atoms with E-state index in [0.717, 1.165) is 27.3 Å². The van der Waals surface area contributed by atoms with Crippen LogP contribution in [0, 0.1) is 0 Å². The fraction of sp³-hybridized carbons (Fsp3) is 0. The Balaban J connectivity index is 0.000000231. The molecule has 0 aliphatic rings. The van der Waals surface area contributed by atoms with Crippen LogP contribution in [0.4, 0.5) is 0 Å². The summed E-state index contributed by atoms with van der Waals surface area (Å²) in [7, 11) is 0. The maximum absolute atomic E-state index is 9.37. The van der Waals surface area contributed by atoms with Crippen molar-refractivity contribution in [1.82, 2.24) is 0 Å². The number of fused-ring (bicyclic) bond motifs is 2. The SMILES string of the molecule is Cl.Cl.Oc1cccc2ccccc12.Oc1cccc2ccccc12.[Ti]=[CH]c1ccco1. The van der Waals surface area contributed by atoms with Crippen LogP contribution in [0.1, 0.15) is 5.76 Å². The molecule has 0 radical (unpaired) electrons. The predicted octanol–water partition coefficient (Wildman–Crippen LogP) is 6.91. The molecule has 2 N–H and O–H groups in total. The fourth-order valence-corrected chi connectivity index (χ4v) is 3.05. The third-order valence-corrected chi connectivity index (χ3v) is 4.66. The van der Waals surface area contributed by atoms with E-state index in [2.05, 4.69) is 0 Å². The van der Waals surface area contributed by atoms with Crippen molar-refractivity contribution in [3.8, 4) is 11.5 Å². The van der Waals surface area contributed by atoms with Gasteiger partial charge in [0.15, 0.2) is 0 Å². The third-order valence-electron chi connectivity index (χ3n) is 4.22. The van der Waals surface area contributed by atoms with Crippen LogP contribution in [0.25, 0.3) is 21.5 Å². The molecule has 0 aliphatic carbocycles. The van der Waals surface area contributed by atoms with E-state index in [1.165, 1.54) is 0 Å². The number of phenols is 2. The number of phenolic OH excluding ortho intramolecular Hbond substituents is 2. The van der Waals surface area contributed by atoms with Crippen molar-refractivity contribution in [2.24, 2.45) is 0 Å². The van der Waals surface area contributed by atoms with Crippen LogP contribution >= 0.6 is 24.8 Å². The van der Waals surface area contributed by atoms with Crippen LogP contribution in [-0.4, -0.2) is 14.5 Å². The summed E-state index contributed by atoms with van der Waals surface area (Å²) >= 11 is 1.94. The minimum absolute atomic E-state index is 0. The van der Waals surface area contributed by atoms with Gasteiger partial charge < -0.3 is 10.2 Å². The number of benzene rings is 4. The number of hydrogen-bond donors (Lipinski definition) is 2. The molecule has 31 heavy (non-hydrogen) atoms. The Morgan fingerprint density at radius 3 is 1.39 bits per heavy atom. The van der Waals surface area contributed by atoms with Crippen molar-refractivity contribution in [3.05, 3.63) is 109 Å². The molecule has 1 heterocycles. The van der Waals surface area contributed by atoms with Crippen molar-refractivity contribution in [1.29, 1.82) is 0 Å². The molecular weight excluding hydrogens is 467 g/mol. The van der Waals surface area contributed by atoms with Gasteiger partial charge in [0.05, 0.1) is 0 Å². The molecule has 6 heteroatoms. The van der Waals surface area contributed by atoms with Gasteiger partial charge in [0.25, 0.3) is 0 Å². The van der Waals surface area contributed by atoms with Crippen LogP contribution < -0.4 is 0 Å². The summed E-state index contributed by atoms with van der Waals surface area (Å²) in [4.78, 5) is 0. The van der Waals surface area contributed by atoms with E-state index in [0.29, 0.717) is 11.5 Å². The molecule has 5 aromatic rings. The fourth-order valence-electron chi connectivity index (χ4n) is 2.79. The summed E-state index contributed by atoms with van der Waals surface area (Å²) in [5.41, 5.74) is 0. The molecule has 0 bridgehead atoms. The van der Waals surface area contributed by atoms with Gasteiger partial charge in [0.1, 0.15) is 11.5 Å². The summed E-state index contributed by atoms with van der Waals surface area (Å²) in [6.45, 7) is 0. The molecular formula is C25H22Cl2O3Ti. The summed E-state index contributed by atoms with van der Waals surface area (Å²) in [6.07, 6.45) is 1.66. The molecule has 0 saturated heterocycles. The molecule has 3 nitrogen and oxygen atoms in total. The van der Waals surface area contributed by atoms with Crippen molar-refractivity contribution < 1.29 is 34.6 Å². The first-order valence-electron chi connectivity index (χ1n) is 9.06. The van der Waals surface area contributed by atoms with Crippen molar-refractivity contribution in [3.63, 3.8) is 0 Å². The van der Waals surface area contributed by atoms with Crippen LogP contribution in [0.15, 0.2) is 108 Å². The number of aromatic hydroxyl groups is 2. The van der Waals surface area contributed by atoms with Gasteiger partial charge in [-0.3, -0.25) is 0 Å². The molecule has 4 aromatic carbocycles. The summed E-state index contributed by atoms with van der Waals surface area (Å²) in [5.74, 6) is 1.63. The van der Waals surface area contributed by atoms with E-state index >= 15 is 0 Å². The van der Waals surface area contributed by atoms with Crippen LogP contribution in [0.5, 0.6) is 11.5 Å². The van der Waals surface area contributed by atoms with E-state index in [1.807, 2.05) is 109 Å². The van der Waals surface area contributed by atoms with Gasteiger partial charge in [-0.05, 0) is 22.9 Å². The Morgan fingerprint density at radius 2 is 1.03 bits per heavy atom. The number of halogens is 2. The zero-order valence-electron chi connectivity index (χ0n) is 16.5. The van der Waals surface area contributed by atoms with E-state index in [1.54, 1.807) is 18.4 Å². The number of furan rings is 1.